The van der Waals surface area contributed by atoms with Gasteiger partial charge in [-0.15, -0.1) is 0 Å². The van der Waals surface area contributed by atoms with Gasteiger partial charge in [-0.25, -0.2) is 9.59 Å². The molecule has 1 unspecified atom stereocenters. The molecule has 120 valence electrons. The molecule has 22 heavy (non-hydrogen) atoms. The highest BCUT2D eigenvalue weighted by atomic mass is 16.5. The van der Waals surface area contributed by atoms with Crippen molar-refractivity contribution in [2.24, 2.45) is 5.73 Å². The van der Waals surface area contributed by atoms with Crippen LogP contribution in [0.5, 0.6) is 5.75 Å². The van der Waals surface area contributed by atoms with Crippen LogP contribution in [0.3, 0.4) is 0 Å². The van der Waals surface area contributed by atoms with Crippen molar-refractivity contribution in [3.05, 3.63) is 41.0 Å². The lowest BCUT2D eigenvalue weighted by Gasteiger charge is -2.22. The number of benzene rings is 1. The smallest absolute Gasteiger partial charge is 0.336 e. The molecule has 0 saturated carbocycles. The second-order valence-electron chi connectivity index (χ2n) is 4.85. The minimum absolute atomic E-state index is 0.252. The molecule has 0 saturated heterocycles. The highest BCUT2D eigenvalue weighted by molar-refractivity contribution is 5.92. The molecule has 0 fully saturated rings. The molecule has 3 N–H and O–H groups in total. The Balaban J connectivity index is 3.27. The molecule has 0 heterocycles. The number of hydrogen-bond acceptors (Lipinski definition) is 4. The zero-order valence-corrected chi connectivity index (χ0v) is 13.3. The van der Waals surface area contributed by atoms with E-state index in [2.05, 4.69) is 5.32 Å². The Hall–Kier alpha value is -2.50. The van der Waals surface area contributed by atoms with E-state index in [-0.39, 0.29) is 6.61 Å². The lowest BCUT2D eigenvalue weighted by atomic mass is 9.95. The lowest BCUT2D eigenvalue weighted by molar-refractivity contribution is -0.139. The molecule has 1 rings (SSSR count). The molecular formula is C16H22N2O4. The van der Waals surface area contributed by atoms with Crippen molar-refractivity contribution in [2.45, 2.75) is 26.8 Å². The van der Waals surface area contributed by atoms with Gasteiger partial charge in [0.1, 0.15) is 5.75 Å². The summed E-state index contributed by atoms with van der Waals surface area (Å²) in [6.45, 7) is 5.54. The van der Waals surface area contributed by atoms with Crippen LogP contribution >= 0.6 is 0 Å². The summed E-state index contributed by atoms with van der Waals surface area (Å²) < 4.78 is 10.2. The van der Waals surface area contributed by atoms with Crippen LogP contribution in [-0.4, -0.2) is 25.7 Å². The Kier molecular flexibility index (Phi) is 6.44. The van der Waals surface area contributed by atoms with Crippen molar-refractivity contribution in [1.82, 2.24) is 5.32 Å². The first-order valence-corrected chi connectivity index (χ1v) is 6.95. The summed E-state index contributed by atoms with van der Waals surface area (Å²) >= 11 is 0. The van der Waals surface area contributed by atoms with Gasteiger partial charge in [0.25, 0.3) is 0 Å². The van der Waals surface area contributed by atoms with E-state index in [0.717, 1.165) is 5.57 Å². The summed E-state index contributed by atoms with van der Waals surface area (Å²) in [6, 6.07) is 5.64. The Labute approximate surface area is 130 Å². The third-order valence-electron chi connectivity index (χ3n) is 3.06. The Morgan fingerprint density at radius 2 is 1.82 bits per heavy atom. The van der Waals surface area contributed by atoms with E-state index in [1.807, 2.05) is 0 Å². The second-order valence-corrected chi connectivity index (χ2v) is 4.85. The molecule has 0 aliphatic rings. The average Bonchev–Trinajstić information content (AvgIpc) is 2.46. The van der Waals surface area contributed by atoms with Crippen LogP contribution in [0.1, 0.15) is 32.4 Å². The van der Waals surface area contributed by atoms with E-state index in [0.29, 0.717) is 16.9 Å². The van der Waals surface area contributed by atoms with Crippen molar-refractivity contribution < 1.29 is 19.1 Å². The maximum Gasteiger partial charge on any atom is 0.336 e. The molecule has 0 aliphatic carbocycles. The zero-order valence-electron chi connectivity index (χ0n) is 13.3. The van der Waals surface area contributed by atoms with Crippen molar-refractivity contribution in [3.63, 3.8) is 0 Å². The molecule has 0 radical (unpaired) electrons. The summed E-state index contributed by atoms with van der Waals surface area (Å²) in [5.41, 5.74) is 7.07. The number of nitrogens with two attached hydrogens (primary N) is 1. The molecule has 0 aromatic heterocycles. The maximum absolute atomic E-state index is 12.2. The van der Waals surface area contributed by atoms with Gasteiger partial charge in [0.2, 0.25) is 0 Å². The largest absolute Gasteiger partial charge is 0.497 e. The van der Waals surface area contributed by atoms with Gasteiger partial charge in [0, 0.05) is 0 Å². The summed E-state index contributed by atoms with van der Waals surface area (Å²) in [5.74, 6) is 0.202. The normalized spacial score (nSPS) is 11.3. The van der Waals surface area contributed by atoms with Gasteiger partial charge < -0.3 is 20.5 Å². The van der Waals surface area contributed by atoms with Crippen LogP contribution in [0, 0.1) is 0 Å². The third-order valence-corrected chi connectivity index (χ3v) is 3.06. The van der Waals surface area contributed by atoms with Gasteiger partial charge >= 0.3 is 12.0 Å². The predicted octanol–water partition coefficient (Wildman–Crippen LogP) is 2.30. The summed E-state index contributed by atoms with van der Waals surface area (Å²) in [6.07, 6.45) is 0. The zero-order chi connectivity index (χ0) is 16.7. The molecular weight excluding hydrogens is 284 g/mol. The van der Waals surface area contributed by atoms with Gasteiger partial charge in [0.05, 0.1) is 25.3 Å². The van der Waals surface area contributed by atoms with E-state index in [1.165, 1.54) is 0 Å². The van der Waals surface area contributed by atoms with E-state index < -0.39 is 18.0 Å². The molecule has 0 bridgehead atoms. The number of carbonyl (C=O) groups is 2. The monoisotopic (exact) mass is 306 g/mol. The quantitative estimate of drug-likeness (QED) is 0.623. The first-order chi connectivity index (χ1) is 10.4. The lowest BCUT2D eigenvalue weighted by Crippen LogP contribution is -2.36. The van der Waals surface area contributed by atoms with Crippen LogP contribution in [0.25, 0.3) is 0 Å². The van der Waals surface area contributed by atoms with E-state index >= 15 is 0 Å². The maximum atomic E-state index is 12.2. The van der Waals surface area contributed by atoms with Crippen molar-refractivity contribution >= 4 is 12.0 Å². The van der Waals surface area contributed by atoms with E-state index in [9.17, 15) is 9.59 Å². The molecule has 1 atom stereocenters. The number of methoxy groups -OCH3 is 1. The van der Waals surface area contributed by atoms with Crippen LogP contribution in [0.4, 0.5) is 4.79 Å². The molecule has 0 spiro atoms. The molecule has 1 aromatic carbocycles. The second kappa shape index (κ2) is 8.07. The van der Waals surface area contributed by atoms with Crippen LogP contribution < -0.4 is 15.8 Å². The fraction of sp³-hybridized carbons (Fsp3) is 0.375. The summed E-state index contributed by atoms with van der Waals surface area (Å²) in [5, 5.41) is 2.59. The predicted molar refractivity (Wildman–Crippen MR) is 83.5 cm³/mol. The highest BCUT2D eigenvalue weighted by Gasteiger charge is 2.26. The third kappa shape index (κ3) is 4.51. The minimum atomic E-state index is -0.719. The standard InChI is InChI=1S/C16H22N2O4/c1-5-22-15(19)13(10(2)3)14(18-16(17)20)11-6-8-12(21-4)9-7-11/h6-9,14H,5H2,1-4H3,(H3,17,18,20). The van der Waals surface area contributed by atoms with Gasteiger partial charge in [-0.05, 0) is 38.5 Å². The summed E-state index contributed by atoms with van der Waals surface area (Å²) in [7, 11) is 1.56. The van der Waals surface area contributed by atoms with Gasteiger partial charge in [-0.3, -0.25) is 0 Å². The fourth-order valence-corrected chi connectivity index (χ4v) is 2.08. The number of esters is 1. The Bertz CT molecular complexity index is 560. The van der Waals surface area contributed by atoms with Crippen LogP contribution in [-0.2, 0) is 9.53 Å². The molecule has 2 amide bonds. The number of amides is 2. The number of ether oxygens (including phenoxy) is 2. The molecule has 6 heteroatoms. The van der Waals surface area contributed by atoms with Crippen molar-refractivity contribution in [2.75, 3.05) is 13.7 Å². The topological polar surface area (TPSA) is 90.6 Å². The number of nitrogens with one attached hydrogen (secondary N) is 1. The number of hydrogen-bond donors (Lipinski definition) is 2. The first kappa shape index (κ1) is 17.6. The van der Waals surface area contributed by atoms with Crippen molar-refractivity contribution in [1.29, 1.82) is 0 Å². The number of primary amides is 1. The van der Waals surface area contributed by atoms with Crippen LogP contribution in [0.15, 0.2) is 35.4 Å². The van der Waals surface area contributed by atoms with Crippen LogP contribution in [0.2, 0.25) is 0 Å². The number of allylic oxidation sites excluding steroid dienone is 1. The number of rotatable bonds is 6. The SMILES string of the molecule is CCOC(=O)C(=C(C)C)C(NC(N)=O)c1ccc(OC)cc1. The minimum Gasteiger partial charge on any atom is -0.497 e. The fourth-order valence-electron chi connectivity index (χ4n) is 2.08. The van der Waals surface area contributed by atoms with Gasteiger partial charge in [-0.1, -0.05) is 17.7 Å². The number of carbonyl (C=O) groups excluding carboxylic acids is 2. The molecule has 1 aromatic rings. The molecule has 6 nitrogen and oxygen atoms in total. The van der Waals surface area contributed by atoms with E-state index in [4.69, 9.17) is 15.2 Å². The Morgan fingerprint density at radius 1 is 1.23 bits per heavy atom. The molecule has 0 aliphatic heterocycles. The number of urea groups is 1. The van der Waals surface area contributed by atoms with Crippen molar-refractivity contribution in [3.8, 4) is 5.75 Å². The van der Waals surface area contributed by atoms with Gasteiger partial charge in [0.15, 0.2) is 0 Å². The van der Waals surface area contributed by atoms with Gasteiger partial charge in [-0.2, -0.15) is 0 Å². The average molecular weight is 306 g/mol. The first-order valence-electron chi connectivity index (χ1n) is 6.95. The summed E-state index contributed by atoms with van der Waals surface area (Å²) in [4.78, 5) is 23.5. The highest BCUT2D eigenvalue weighted by Crippen LogP contribution is 2.27. The Morgan fingerprint density at radius 3 is 2.23 bits per heavy atom. The van der Waals surface area contributed by atoms with E-state index in [1.54, 1.807) is 52.1 Å².